The second kappa shape index (κ2) is 5.74. The lowest BCUT2D eigenvalue weighted by Crippen LogP contribution is -2.13. The predicted molar refractivity (Wildman–Crippen MR) is 79.8 cm³/mol. The zero-order chi connectivity index (χ0) is 14.8. The molecule has 108 valence electrons. The first-order valence-electron chi connectivity index (χ1n) is 6.05. The van der Waals surface area contributed by atoms with Crippen LogP contribution < -0.4 is 5.56 Å². The number of benzene rings is 1. The van der Waals surface area contributed by atoms with Gasteiger partial charge in [0.25, 0.3) is 5.56 Å². The van der Waals surface area contributed by atoms with Gasteiger partial charge in [-0.2, -0.15) is 0 Å². The van der Waals surface area contributed by atoms with E-state index < -0.39 is 0 Å². The molecule has 1 aromatic carbocycles. The summed E-state index contributed by atoms with van der Waals surface area (Å²) in [5.74, 6) is 0.573. The molecule has 9 heteroatoms. The number of nitrogens with zero attached hydrogens (tertiary/aromatic N) is 5. The summed E-state index contributed by atoms with van der Waals surface area (Å²) in [6, 6.07) is 8.60. The van der Waals surface area contributed by atoms with Crippen molar-refractivity contribution in [2.24, 2.45) is 7.05 Å². The van der Waals surface area contributed by atoms with Crippen molar-refractivity contribution in [1.82, 2.24) is 30.0 Å². The summed E-state index contributed by atoms with van der Waals surface area (Å²) in [5, 5.41) is 15.6. The van der Waals surface area contributed by atoms with Crippen molar-refractivity contribution in [3.8, 4) is 5.69 Å². The molecule has 21 heavy (non-hydrogen) atoms. The Hall–Kier alpha value is -2.06. The molecular weight excluding hydrogens is 312 g/mol. The van der Waals surface area contributed by atoms with Crippen molar-refractivity contribution < 1.29 is 0 Å². The minimum absolute atomic E-state index is 0.121. The van der Waals surface area contributed by atoms with Gasteiger partial charge in [-0.1, -0.05) is 23.4 Å². The number of aromatic nitrogens is 6. The number of aryl methyl sites for hydroxylation is 1. The second-order valence-corrected chi connectivity index (χ2v) is 5.68. The monoisotopic (exact) mass is 322 g/mol. The van der Waals surface area contributed by atoms with E-state index in [-0.39, 0.29) is 5.56 Å². The first-order chi connectivity index (χ1) is 10.1. The molecule has 0 saturated heterocycles. The highest BCUT2D eigenvalue weighted by atomic mass is 35.5. The molecule has 0 atom stereocenters. The number of tetrazole rings is 1. The maximum Gasteiger partial charge on any atom is 0.271 e. The minimum Gasteiger partial charge on any atom is -0.294 e. The average molecular weight is 323 g/mol. The summed E-state index contributed by atoms with van der Waals surface area (Å²) >= 11 is 7.29. The normalized spacial score (nSPS) is 11.0. The third-order valence-electron chi connectivity index (χ3n) is 2.80. The zero-order valence-corrected chi connectivity index (χ0v) is 12.6. The predicted octanol–water partition coefficient (Wildman–Crippen LogP) is 1.63. The van der Waals surface area contributed by atoms with Crippen molar-refractivity contribution in [3.05, 3.63) is 51.4 Å². The number of halogens is 1. The van der Waals surface area contributed by atoms with Gasteiger partial charge >= 0.3 is 0 Å². The van der Waals surface area contributed by atoms with Crippen molar-refractivity contribution in [2.75, 3.05) is 0 Å². The van der Waals surface area contributed by atoms with Crippen LogP contribution >= 0.6 is 23.4 Å². The van der Waals surface area contributed by atoms with Crippen LogP contribution in [0, 0.1) is 0 Å². The molecule has 0 amide bonds. The third-order valence-corrected chi connectivity index (χ3v) is 4.11. The van der Waals surface area contributed by atoms with Crippen molar-refractivity contribution in [2.45, 2.75) is 10.9 Å². The highest BCUT2D eigenvalue weighted by Crippen LogP contribution is 2.18. The Morgan fingerprint density at radius 1 is 1.33 bits per heavy atom. The maximum absolute atomic E-state index is 12.0. The Balaban J connectivity index is 1.80. The summed E-state index contributed by atoms with van der Waals surface area (Å²) in [6.07, 6.45) is 0. The highest BCUT2D eigenvalue weighted by molar-refractivity contribution is 7.98. The van der Waals surface area contributed by atoms with Gasteiger partial charge in [0, 0.05) is 29.6 Å². The van der Waals surface area contributed by atoms with Gasteiger partial charge in [0.2, 0.25) is 5.16 Å². The molecule has 2 heterocycles. The van der Waals surface area contributed by atoms with Crippen LogP contribution in [0.1, 0.15) is 5.69 Å². The van der Waals surface area contributed by atoms with Crippen molar-refractivity contribution >= 4 is 23.4 Å². The quantitative estimate of drug-likeness (QED) is 0.738. The minimum atomic E-state index is -0.121. The number of rotatable bonds is 4. The molecule has 0 radical (unpaired) electrons. The van der Waals surface area contributed by atoms with Crippen molar-refractivity contribution in [3.63, 3.8) is 0 Å². The average Bonchev–Trinajstić information content (AvgIpc) is 3.04. The lowest BCUT2D eigenvalue weighted by atomic mass is 10.3. The highest BCUT2D eigenvalue weighted by Gasteiger charge is 2.08. The number of thioether (sulfide) groups is 1. The van der Waals surface area contributed by atoms with Gasteiger partial charge in [-0.25, -0.2) is 9.36 Å². The Morgan fingerprint density at radius 3 is 2.76 bits per heavy atom. The first kappa shape index (κ1) is 13.9. The number of nitrogens with one attached hydrogen (secondary N) is 1. The molecule has 0 bridgehead atoms. The molecule has 0 aliphatic heterocycles. The van der Waals surface area contributed by atoms with Crippen LogP contribution in [0.3, 0.4) is 0 Å². The van der Waals surface area contributed by atoms with Crippen LogP contribution in [0.2, 0.25) is 5.02 Å². The lowest BCUT2D eigenvalue weighted by Gasteiger charge is -2.02. The molecule has 0 aliphatic rings. The lowest BCUT2D eigenvalue weighted by molar-refractivity contribution is 0.664. The van der Waals surface area contributed by atoms with Gasteiger partial charge in [0.05, 0.1) is 5.69 Å². The van der Waals surface area contributed by atoms with E-state index in [1.807, 2.05) is 0 Å². The summed E-state index contributed by atoms with van der Waals surface area (Å²) in [7, 11) is 1.77. The molecule has 0 unspecified atom stereocenters. The summed E-state index contributed by atoms with van der Waals surface area (Å²) < 4.78 is 3.06. The largest absolute Gasteiger partial charge is 0.294 e. The SMILES string of the molecule is Cn1nnnc1SCc1cc(=O)n(-c2ccc(Cl)cc2)[nH]1. The van der Waals surface area contributed by atoms with Crippen LogP contribution in [-0.4, -0.2) is 30.0 Å². The van der Waals surface area contributed by atoms with E-state index in [4.69, 9.17) is 11.6 Å². The fourth-order valence-electron chi connectivity index (χ4n) is 1.79. The molecule has 7 nitrogen and oxygen atoms in total. The van der Waals surface area contributed by atoms with Crippen LogP contribution in [0.25, 0.3) is 5.69 Å². The van der Waals surface area contributed by atoms with E-state index in [1.54, 1.807) is 42.1 Å². The smallest absolute Gasteiger partial charge is 0.271 e. The van der Waals surface area contributed by atoms with Gasteiger partial charge in [0.15, 0.2) is 0 Å². The van der Waals surface area contributed by atoms with Crippen LogP contribution in [0.4, 0.5) is 0 Å². The van der Waals surface area contributed by atoms with Crippen LogP contribution in [0.15, 0.2) is 40.3 Å². The summed E-state index contributed by atoms with van der Waals surface area (Å²) in [5.41, 5.74) is 1.41. The second-order valence-electron chi connectivity index (χ2n) is 4.31. The van der Waals surface area contributed by atoms with Crippen molar-refractivity contribution in [1.29, 1.82) is 0 Å². The fourth-order valence-corrected chi connectivity index (χ4v) is 2.66. The standard InChI is InChI=1S/C12H11ClN6OS/c1-18-12(14-16-17-18)21-7-9-6-11(20)19(15-9)10-4-2-8(13)3-5-10/h2-6,15H,7H2,1H3. The maximum atomic E-state index is 12.0. The number of aromatic amines is 1. The topological polar surface area (TPSA) is 81.4 Å². The van der Waals surface area contributed by atoms with E-state index >= 15 is 0 Å². The van der Waals surface area contributed by atoms with Gasteiger partial charge in [-0.15, -0.1) is 5.10 Å². The van der Waals surface area contributed by atoms with Crippen LogP contribution in [0.5, 0.6) is 0 Å². The number of hydrogen-bond donors (Lipinski definition) is 1. The zero-order valence-electron chi connectivity index (χ0n) is 11.0. The molecule has 0 spiro atoms. The molecule has 0 fully saturated rings. The van der Waals surface area contributed by atoms with E-state index in [0.29, 0.717) is 15.9 Å². The van der Waals surface area contributed by atoms with E-state index in [1.165, 1.54) is 16.4 Å². The number of hydrogen-bond acceptors (Lipinski definition) is 5. The first-order valence-corrected chi connectivity index (χ1v) is 7.42. The van der Waals surface area contributed by atoms with Gasteiger partial charge < -0.3 is 0 Å². The molecule has 3 rings (SSSR count). The Morgan fingerprint density at radius 2 is 2.10 bits per heavy atom. The van der Waals surface area contributed by atoms with Gasteiger partial charge in [-0.3, -0.25) is 9.89 Å². The Labute approximate surface area is 128 Å². The van der Waals surface area contributed by atoms with Gasteiger partial charge in [-0.05, 0) is 34.7 Å². The Bertz CT molecular complexity index is 806. The molecule has 1 N–H and O–H groups in total. The molecular formula is C12H11ClN6OS. The van der Waals surface area contributed by atoms with Gasteiger partial charge in [0.1, 0.15) is 0 Å². The van der Waals surface area contributed by atoms with E-state index in [0.717, 1.165) is 11.4 Å². The third kappa shape index (κ3) is 3.01. The molecule has 0 saturated carbocycles. The number of H-pyrrole nitrogens is 1. The van der Waals surface area contributed by atoms with Crippen LogP contribution in [-0.2, 0) is 12.8 Å². The summed E-state index contributed by atoms with van der Waals surface area (Å²) in [6.45, 7) is 0. The molecule has 0 aliphatic carbocycles. The Kier molecular flexibility index (Phi) is 3.80. The molecule has 2 aromatic heterocycles. The van der Waals surface area contributed by atoms with E-state index in [9.17, 15) is 4.79 Å². The fraction of sp³-hybridized carbons (Fsp3) is 0.167. The summed E-state index contributed by atoms with van der Waals surface area (Å²) in [4.78, 5) is 12.0. The molecule has 3 aromatic rings. The van der Waals surface area contributed by atoms with E-state index in [2.05, 4.69) is 20.6 Å².